The van der Waals surface area contributed by atoms with E-state index in [1.807, 2.05) is 31.2 Å². The van der Waals surface area contributed by atoms with Crippen molar-refractivity contribution in [2.24, 2.45) is 5.92 Å². The number of nitrogen functional groups attached to an aromatic ring is 2. The Morgan fingerprint density at radius 3 is 2.60 bits per heavy atom. The Morgan fingerprint density at radius 2 is 1.90 bits per heavy atom. The van der Waals surface area contributed by atoms with Crippen LogP contribution in [0.5, 0.6) is 0 Å². The lowest BCUT2D eigenvalue weighted by Gasteiger charge is -2.19. The first-order valence-electron chi connectivity index (χ1n) is 9.24. The first-order valence-corrected chi connectivity index (χ1v) is 9.62. The van der Waals surface area contributed by atoms with Gasteiger partial charge in [-0.1, -0.05) is 48.5 Å². The number of ether oxygens (including phenoxy) is 1. The van der Waals surface area contributed by atoms with Gasteiger partial charge in [-0.25, -0.2) is 14.8 Å². The smallest absolute Gasteiger partial charge is 0.407 e. The molecule has 30 heavy (non-hydrogen) atoms. The molecule has 0 unspecified atom stereocenters. The van der Waals surface area contributed by atoms with Crippen LogP contribution in [0, 0.1) is 12.8 Å². The second-order valence-electron chi connectivity index (χ2n) is 6.61. The summed E-state index contributed by atoms with van der Waals surface area (Å²) >= 11 is 5.84. The third-order valence-electron chi connectivity index (χ3n) is 4.31. The summed E-state index contributed by atoms with van der Waals surface area (Å²) in [5, 5.41) is 5.36. The van der Waals surface area contributed by atoms with E-state index < -0.39 is 12.0 Å². The van der Waals surface area contributed by atoms with E-state index >= 15 is 0 Å². The van der Waals surface area contributed by atoms with Gasteiger partial charge in [0.15, 0.2) is 22.5 Å². The fraction of sp³-hybridized carbons (Fsp3) is 0.300. The van der Waals surface area contributed by atoms with Crippen molar-refractivity contribution in [3.8, 4) is 0 Å². The maximum Gasteiger partial charge on any atom is 0.407 e. The number of alkyl carbamates (subject to hydrolysis) is 1. The van der Waals surface area contributed by atoms with E-state index in [1.54, 1.807) is 0 Å². The van der Waals surface area contributed by atoms with Crippen molar-refractivity contribution < 1.29 is 14.3 Å². The normalized spacial score (nSPS) is 11.4. The van der Waals surface area contributed by atoms with E-state index in [-0.39, 0.29) is 48.1 Å². The highest BCUT2D eigenvalue weighted by Crippen LogP contribution is 2.17. The number of nitrogens with one attached hydrogen (secondary N) is 2. The Bertz CT molecular complexity index is 921. The number of hydrogen-bond donors (Lipinski definition) is 4. The largest absolute Gasteiger partial charge is 0.445 e. The molecule has 6 N–H and O–H groups in total. The summed E-state index contributed by atoms with van der Waals surface area (Å²) in [5.41, 5.74) is 13.4. The number of aryl methyl sites for hydroxylation is 1. The Labute approximate surface area is 179 Å². The summed E-state index contributed by atoms with van der Waals surface area (Å²) in [5.74, 6) is -0.822. The van der Waals surface area contributed by atoms with Gasteiger partial charge in [0.25, 0.3) is 5.91 Å². The minimum absolute atomic E-state index is 0.0506. The van der Waals surface area contributed by atoms with Crippen LogP contribution in [-0.2, 0) is 11.2 Å². The summed E-state index contributed by atoms with van der Waals surface area (Å²) in [6, 6.07) is 7.90. The van der Waals surface area contributed by atoms with Crippen LogP contribution in [0.1, 0.15) is 21.6 Å². The number of nitrogens with two attached hydrogens (primary N) is 2. The molecule has 0 aliphatic rings. The molecule has 1 atom stereocenters. The third-order valence-corrected chi connectivity index (χ3v) is 4.59. The van der Waals surface area contributed by atoms with Gasteiger partial charge in [-0.3, -0.25) is 4.79 Å². The molecular weight excluding hydrogens is 408 g/mol. The lowest BCUT2D eigenvalue weighted by atomic mass is 9.96. The maximum absolute atomic E-state index is 12.5. The van der Waals surface area contributed by atoms with Gasteiger partial charge in [0.1, 0.15) is 6.61 Å². The van der Waals surface area contributed by atoms with Crippen molar-refractivity contribution in [3.63, 3.8) is 0 Å². The Morgan fingerprint density at radius 1 is 1.20 bits per heavy atom. The standard InChI is InChI=1S/C20H25ClN6O3/c1-3-8-30-20(29)25-11-13(9-14-7-5-4-6-12(14)2)10-24-19(28)15-17(22)27-18(23)16(21)26-15/h3-7,13H,1,8-11H2,2H3,(H,24,28)(H,25,29)(H4,22,23,27)/t13-/m1/s1. The molecule has 0 aliphatic carbocycles. The molecule has 0 bridgehead atoms. The van der Waals surface area contributed by atoms with Gasteiger partial charge in [-0.2, -0.15) is 0 Å². The number of hydrogen-bond acceptors (Lipinski definition) is 7. The van der Waals surface area contributed by atoms with E-state index in [0.717, 1.165) is 11.1 Å². The van der Waals surface area contributed by atoms with Crippen molar-refractivity contribution in [1.82, 2.24) is 20.6 Å². The zero-order valence-corrected chi connectivity index (χ0v) is 17.4. The molecule has 0 saturated carbocycles. The first kappa shape index (κ1) is 23.0. The molecule has 0 radical (unpaired) electrons. The summed E-state index contributed by atoms with van der Waals surface area (Å²) in [7, 11) is 0. The third kappa shape index (κ3) is 6.63. The van der Waals surface area contributed by atoms with Crippen molar-refractivity contribution in [2.45, 2.75) is 13.3 Å². The van der Waals surface area contributed by atoms with Crippen LogP contribution in [0.25, 0.3) is 0 Å². The minimum Gasteiger partial charge on any atom is -0.445 e. The van der Waals surface area contributed by atoms with Crippen LogP contribution in [0.15, 0.2) is 36.9 Å². The molecule has 0 aliphatic heterocycles. The van der Waals surface area contributed by atoms with Crippen LogP contribution in [-0.4, -0.2) is 41.7 Å². The number of rotatable bonds is 9. The van der Waals surface area contributed by atoms with Crippen molar-refractivity contribution in [3.05, 3.63) is 58.9 Å². The summed E-state index contributed by atoms with van der Waals surface area (Å²) in [4.78, 5) is 32.0. The van der Waals surface area contributed by atoms with E-state index in [2.05, 4.69) is 27.2 Å². The zero-order chi connectivity index (χ0) is 22.1. The van der Waals surface area contributed by atoms with Gasteiger partial charge in [-0.05, 0) is 30.4 Å². The number of aromatic nitrogens is 2. The van der Waals surface area contributed by atoms with E-state index in [9.17, 15) is 9.59 Å². The van der Waals surface area contributed by atoms with Gasteiger partial charge >= 0.3 is 6.09 Å². The van der Waals surface area contributed by atoms with E-state index in [1.165, 1.54) is 6.08 Å². The molecule has 160 valence electrons. The van der Waals surface area contributed by atoms with E-state index in [4.69, 9.17) is 27.8 Å². The number of carbonyl (C=O) groups is 2. The van der Waals surface area contributed by atoms with Gasteiger partial charge in [0.2, 0.25) is 0 Å². The van der Waals surface area contributed by atoms with Crippen molar-refractivity contribution in [2.75, 3.05) is 31.2 Å². The quantitative estimate of drug-likeness (QED) is 0.444. The molecule has 2 amide bonds. The summed E-state index contributed by atoms with van der Waals surface area (Å²) in [6.45, 7) is 6.15. The number of amides is 2. The topological polar surface area (TPSA) is 145 Å². The van der Waals surface area contributed by atoms with Gasteiger partial charge in [0, 0.05) is 13.1 Å². The molecule has 2 aromatic rings. The predicted molar refractivity (Wildman–Crippen MR) is 116 cm³/mol. The highest BCUT2D eigenvalue weighted by molar-refractivity contribution is 6.31. The molecule has 2 rings (SSSR count). The van der Waals surface area contributed by atoms with Crippen molar-refractivity contribution in [1.29, 1.82) is 0 Å². The molecule has 9 nitrogen and oxygen atoms in total. The van der Waals surface area contributed by atoms with Crippen LogP contribution in [0.4, 0.5) is 16.4 Å². The Balaban J connectivity index is 2.07. The highest BCUT2D eigenvalue weighted by Gasteiger charge is 2.19. The second-order valence-corrected chi connectivity index (χ2v) is 6.97. The number of nitrogens with zero attached hydrogens (tertiary/aromatic N) is 2. The molecule has 0 fully saturated rings. The van der Waals surface area contributed by atoms with Gasteiger partial charge in [-0.15, -0.1) is 0 Å². The van der Waals surface area contributed by atoms with Gasteiger partial charge < -0.3 is 26.8 Å². The summed E-state index contributed by atoms with van der Waals surface area (Å²) in [6.07, 6.45) is 1.54. The lowest BCUT2D eigenvalue weighted by molar-refractivity contribution is 0.0942. The zero-order valence-electron chi connectivity index (χ0n) is 16.7. The number of halogens is 1. The fourth-order valence-electron chi connectivity index (χ4n) is 2.71. The molecule has 0 saturated heterocycles. The minimum atomic E-state index is -0.559. The first-order chi connectivity index (χ1) is 14.3. The highest BCUT2D eigenvalue weighted by atomic mass is 35.5. The molecular formula is C20H25ClN6O3. The molecule has 1 aromatic heterocycles. The second kappa shape index (κ2) is 11.0. The lowest BCUT2D eigenvalue weighted by Crippen LogP contribution is -2.38. The molecule has 1 aromatic carbocycles. The average Bonchev–Trinajstić information content (AvgIpc) is 2.72. The number of benzene rings is 1. The number of anilines is 2. The van der Waals surface area contributed by atoms with Gasteiger partial charge in [0.05, 0.1) is 0 Å². The number of carbonyl (C=O) groups excluding carboxylic acids is 2. The average molecular weight is 433 g/mol. The van der Waals surface area contributed by atoms with Crippen LogP contribution in [0.2, 0.25) is 5.15 Å². The SMILES string of the molecule is C=CCOC(=O)NC[C@@H](CNC(=O)c1nc(Cl)c(N)nc1N)Cc1ccccc1C. The maximum atomic E-state index is 12.5. The monoisotopic (exact) mass is 432 g/mol. The van der Waals surface area contributed by atoms with Crippen LogP contribution >= 0.6 is 11.6 Å². The molecule has 10 heteroatoms. The molecule has 0 spiro atoms. The van der Waals surface area contributed by atoms with Crippen LogP contribution < -0.4 is 22.1 Å². The summed E-state index contributed by atoms with van der Waals surface area (Å²) < 4.78 is 4.93. The predicted octanol–water partition coefficient (Wildman–Crippen LogP) is 2.10. The fourth-order valence-corrected chi connectivity index (χ4v) is 2.84. The molecule has 1 heterocycles. The van der Waals surface area contributed by atoms with E-state index in [0.29, 0.717) is 6.42 Å². The van der Waals surface area contributed by atoms with Crippen LogP contribution in [0.3, 0.4) is 0 Å². The van der Waals surface area contributed by atoms with Crippen molar-refractivity contribution >= 4 is 35.2 Å². The Kier molecular flexibility index (Phi) is 8.42. The Hall–Kier alpha value is -3.33.